The molecule has 0 amide bonds. The fourth-order valence-electron chi connectivity index (χ4n) is 2.07. The second kappa shape index (κ2) is 5.57. The largest absolute Gasteiger partial charge is 0.501 e. The molecule has 7 heteroatoms. The van der Waals surface area contributed by atoms with E-state index in [1.165, 1.54) is 0 Å². The van der Waals surface area contributed by atoms with Gasteiger partial charge in [-0.05, 0) is 12.0 Å². The Balaban J connectivity index is 2.05. The van der Waals surface area contributed by atoms with Crippen molar-refractivity contribution < 1.29 is 21.6 Å². The first-order valence-corrected chi connectivity index (χ1v) is 7.56. The van der Waals surface area contributed by atoms with Crippen molar-refractivity contribution in [1.29, 1.82) is 0 Å². The van der Waals surface area contributed by atoms with Gasteiger partial charge < -0.3 is 0 Å². The molecule has 0 N–H and O–H groups in total. The minimum atomic E-state index is -5.21. The Morgan fingerprint density at radius 3 is 2.30 bits per heavy atom. The number of benzene rings is 1. The summed E-state index contributed by atoms with van der Waals surface area (Å²) >= 11 is 0. The summed E-state index contributed by atoms with van der Waals surface area (Å²) in [4.78, 5) is 1.39. The SMILES string of the molecule is O=S(=O)(C1=CCN(Cc2ccccc2)CC1)C(F)(F)F. The summed E-state index contributed by atoms with van der Waals surface area (Å²) in [6, 6.07) is 9.49. The average molecular weight is 305 g/mol. The molecule has 0 fully saturated rings. The first kappa shape index (κ1) is 15.1. The van der Waals surface area contributed by atoms with Crippen LogP contribution in [0.4, 0.5) is 13.2 Å². The van der Waals surface area contributed by atoms with Crippen LogP contribution in [-0.4, -0.2) is 31.9 Å². The van der Waals surface area contributed by atoms with Gasteiger partial charge in [-0.2, -0.15) is 13.2 Å². The van der Waals surface area contributed by atoms with E-state index < -0.39 is 20.3 Å². The molecule has 1 aliphatic heterocycles. The summed E-state index contributed by atoms with van der Waals surface area (Å²) in [5.74, 6) is 0. The van der Waals surface area contributed by atoms with E-state index in [0.29, 0.717) is 13.1 Å². The number of rotatable bonds is 3. The Morgan fingerprint density at radius 1 is 1.15 bits per heavy atom. The van der Waals surface area contributed by atoms with E-state index >= 15 is 0 Å². The maximum absolute atomic E-state index is 12.4. The molecule has 0 saturated carbocycles. The molecule has 1 aromatic rings. The molecule has 1 aliphatic rings. The van der Waals surface area contributed by atoms with E-state index in [4.69, 9.17) is 0 Å². The molecule has 1 aromatic carbocycles. The summed E-state index contributed by atoms with van der Waals surface area (Å²) < 4.78 is 59.8. The van der Waals surface area contributed by atoms with Gasteiger partial charge in [0.1, 0.15) is 0 Å². The van der Waals surface area contributed by atoms with Crippen LogP contribution in [0, 0.1) is 0 Å². The van der Waals surface area contributed by atoms with Gasteiger partial charge in [0, 0.05) is 19.6 Å². The lowest BCUT2D eigenvalue weighted by Gasteiger charge is -2.26. The van der Waals surface area contributed by atoms with Gasteiger partial charge in [-0.3, -0.25) is 4.90 Å². The highest BCUT2D eigenvalue weighted by Gasteiger charge is 2.48. The van der Waals surface area contributed by atoms with Gasteiger partial charge in [0.2, 0.25) is 0 Å². The summed E-state index contributed by atoms with van der Waals surface area (Å²) in [7, 11) is -5.16. The van der Waals surface area contributed by atoms with Crippen molar-refractivity contribution in [2.75, 3.05) is 13.1 Å². The zero-order valence-electron chi connectivity index (χ0n) is 10.6. The van der Waals surface area contributed by atoms with Crippen LogP contribution in [0.1, 0.15) is 12.0 Å². The highest BCUT2D eigenvalue weighted by Crippen LogP contribution is 2.32. The van der Waals surface area contributed by atoms with E-state index in [1.54, 1.807) is 0 Å². The summed E-state index contributed by atoms with van der Waals surface area (Å²) in [5.41, 5.74) is -4.16. The van der Waals surface area contributed by atoms with Crippen molar-refractivity contribution >= 4 is 9.84 Å². The Labute approximate surface area is 115 Å². The molecule has 2 rings (SSSR count). The average Bonchev–Trinajstić information content (AvgIpc) is 2.39. The quantitative estimate of drug-likeness (QED) is 0.861. The van der Waals surface area contributed by atoms with Crippen molar-refractivity contribution in [3.8, 4) is 0 Å². The minimum Gasteiger partial charge on any atom is -0.295 e. The van der Waals surface area contributed by atoms with E-state index in [9.17, 15) is 21.6 Å². The van der Waals surface area contributed by atoms with Crippen LogP contribution in [0.15, 0.2) is 41.3 Å². The highest BCUT2D eigenvalue weighted by molar-refractivity contribution is 7.96. The molecule has 0 saturated heterocycles. The van der Waals surface area contributed by atoms with Crippen LogP contribution in [0.2, 0.25) is 0 Å². The van der Waals surface area contributed by atoms with E-state index in [1.807, 2.05) is 35.2 Å². The minimum absolute atomic E-state index is 0.103. The molecule has 0 atom stereocenters. The molecule has 1 heterocycles. The van der Waals surface area contributed by atoms with Crippen LogP contribution in [0.25, 0.3) is 0 Å². The molecule has 110 valence electrons. The first-order chi connectivity index (χ1) is 9.30. The smallest absolute Gasteiger partial charge is 0.295 e. The van der Waals surface area contributed by atoms with Gasteiger partial charge in [0.15, 0.2) is 0 Å². The van der Waals surface area contributed by atoms with Crippen LogP contribution in [0.3, 0.4) is 0 Å². The number of halogens is 3. The Kier molecular flexibility index (Phi) is 4.19. The molecule has 0 aliphatic carbocycles. The van der Waals surface area contributed by atoms with Gasteiger partial charge in [0.05, 0.1) is 4.91 Å². The van der Waals surface area contributed by atoms with Gasteiger partial charge >= 0.3 is 5.51 Å². The standard InChI is InChI=1S/C13H14F3NO2S/c14-13(15,16)20(18,19)12-6-8-17(9-7-12)10-11-4-2-1-3-5-11/h1-6H,7-10H2. The number of sulfone groups is 1. The number of nitrogens with zero attached hydrogens (tertiary/aromatic N) is 1. The van der Waals surface area contributed by atoms with Crippen molar-refractivity contribution in [3.63, 3.8) is 0 Å². The fourth-order valence-corrected chi connectivity index (χ4v) is 3.02. The van der Waals surface area contributed by atoms with Crippen molar-refractivity contribution in [2.24, 2.45) is 0 Å². The topological polar surface area (TPSA) is 37.4 Å². The van der Waals surface area contributed by atoms with Gasteiger partial charge in [-0.1, -0.05) is 36.4 Å². The second-order valence-corrected chi connectivity index (χ2v) is 6.58. The molecule has 3 nitrogen and oxygen atoms in total. The lowest BCUT2D eigenvalue weighted by Crippen LogP contribution is -2.33. The second-order valence-electron chi connectivity index (χ2n) is 4.59. The molecule has 0 aromatic heterocycles. The molecular formula is C13H14F3NO2S. The van der Waals surface area contributed by atoms with Crippen molar-refractivity contribution in [3.05, 3.63) is 46.9 Å². The monoisotopic (exact) mass is 305 g/mol. The van der Waals surface area contributed by atoms with Gasteiger partial charge in [-0.15, -0.1) is 0 Å². The molecule has 0 bridgehead atoms. The summed E-state index contributed by atoms with van der Waals surface area (Å²) in [5, 5.41) is 0. The number of alkyl halides is 3. The highest BCUT2D eigenvalue weighted by atomic mass is 32.2. The van der Waals surface area contributed by atoms with E-state index in [0.717, 1.165) is 11.6 Å². The Hall–Kier alpha value is -1.34. The molecule has 0 spiro atoms. The molecule has 0 radical (unpaired) electrons. The maximum atomic E-state index is 12.4. The van der Waals surface area contributed by atoms with Crippen molar-refractivity contribution in [1.82, 2.24) is 4.90 Å². The van der Waals surface area contributed by atoms with Crippen LogP contribution >= 0.6 is 0 Å². The predicted molar refractivity (Wildman–Crippen MR) is 69.4 cm³/mol. The Morgan fingerprint density at radius 2 is 1.80 bits per heavy atom. The summed E-state index contributed by atoms with van der Waals surface area (Å²) in [6.45, 7) is 1.10. The third kappa shape index (κ3) is 3.21. The van der Waals surface area contributed by atoms with Gasteiger partial charge in [0.25, 0.3) is 9.84 Å². The number of hydrogen-bond donors (Lipinski definition) is 0. The lowest BCUT2D eigenvalue weighted by atomic mass is 10.2. The number of hydrogen-bond acceptors (Lipinski definition) is 3. The first-order valence-electron chi connectivity index (χ1n) is 6.07. The zero-order valence-corrected chi connectivity index (χ0v) is 11.4. The van der Waals surface area contributed by atoms with Crippen LogP contribution < -0.4 is 0 Å². The molecule has 0 unspecified atom stereocenters. The summed E-state index contributed by atoms with van der Waals surface area (Å²) in [6.07, 6.45) is 1.06. The third-order valence-electron chi connectivity index (χ3n) is 3.15. The van der Waals surface area contributed by atoms with E-state index in [-0.39, 0.29) is 13.0 Å². The third-order valence-corrected chi connectivity index (χ3v) is 4.82. The zero-order chi connectivity index (χ0) is 14.8. The van der Waals surface area contributed by atoms with Gasteiger partial charge in [-0.25, -0.2) is 8.42 Å². The van der Waals surface area contributed by atoms with Crippen molar-refractivity contribution in [2.45, 2.75) is 18.5 Å². The normalized spacial score (nSPS) is 17.9. The molecule has 20 heavy (non-hydrogen) atoms. The lowest BCUT2D eigenvalue weighted by molar-refractivity contribution is -0.0428. The van der Waals surface area contributed by atoms with E-state index in [2.05, 4.69) is 0 Å². The Bertz CT molecular complexity index is 594. The predicted octanol–water partition coefficient (Wildman–Crippen LogP) is 2.71. The maximum Gasteiger partial charge on any atom is 0.501 e. The molecular weight excluding hydrogens is 291 g/mol. The van der Waals surface area contributed by atoms with Crippen LogP contribution in [0.5, 0.6) is 0 Å². The fraction of sp³-hybridized carbons (Fsp3) is 0.385. The van der Waals surface area contributed by atoms with Crippen LogP contribution in [-0.2, 0) is 16.4 Å².